The fourth-order valence-corrected chi connectivity index (χ4v) is 4.14. The van der Waals surface area contributed by atoms with Gasteiger partial charge < -0.3 is 15.0 Å². The summed E-state index contributed by atoms with van der Waals surface area (Å²) in [6.45, 7) is 6.87. The van der Waals surface area contributed by atoms with Gasteiger partial charge in [-0.25, -0.2) is 0 Å². The van der Waals surface area contributed by atoms with Crippen LogP contribution in [0.5, 0.6) is 5.75 Å². The molecule has 0 aliphatic heterocycles. The van der Waals surface area contributed by atoms with Crippen molar-refractivity contribution >= 4 is 23.4 Å². The molecule has 3 aromatic carbocycles. The highest BCUT2D eigenvalue weighted by atomic mass is 35.5. The molecule has 0 aromatic heterocycles. The van der Waals surface area contributed by atoms with Gasteiger partial charge >= 0.3 is 0 Å². The minimum atomic E-state index is -0.697. The Labute approximate surface area is 219 Å². The van der Waals surface area contributed by atoms with Gasteiger partial charge in [-0.2, -0.15) is 0 Å². The molecule has 5 nitrogen and oxygen atoms in total. The molecule has 0 spiro atoms. The molecule has 36 heavy (non-hydrogen) atoms. The largest absolute Gasteiger partial charge is 0.484 e. The molecule has 6 heteroatoms. The fourth-order valence-electron chi connectivity index (χ4n) is 3.93. The second kappa shape index (κ2) is 13.7. The first kappa shape index (κ1) is 27.3. The maximum Gasteiger partial charge on any atom is 0.261 e. The van der Waals surface area contributed by atoms with Gasteiger partial charge in [-0.3, -0.25) is 9.59 Å². The van der Waals surface area contributed by atoms with E-state index in [0.29, 0.717) is 29.7 Å². The molecule has 0 heterocycles. The minimum Gasteiger partial charge on any atom is -0.484 e. The van der Waals surface area contributed by atoms with Crippen molar-refractivity contribution in [2.75, 3.05) is 13.2 Å². The smallest absolute Gasteiger partial charge is 0.261 e. The van der Waals surface area contributed by atoms with Gasteiger partial charge in [0.15, 0.2) is 6.61 Å². The van der Waals surface area contributed by atoms with E-state index in [1.165, 1.54) is 5.56 Å². The van der Waals surface area contributed by atoms with Gasteiger partial charge in [0.2, 0.25) is 5.91 Å². The van der Waals surface area contributed by atoms with Crippen molar-refractivity contribution < 1.29 is 14.3 Å². The number of halogens is 1. The normalized spacial score (nSPS) is 11.7. The van der Waals surface area contributed by atoms with Crippen LogP contribution >= 0.6 is 11.6 Å². The van der Waals surface area contributed by atoms with Crippen LogP contribution in [0.25, 0.3) is 0 Å². The van der Waals surface area contributed by atoms with Crippen LogP contribution in [0.4, 0.5) is 0 Å². The average molecular weight is 507 g/mol. The van der Waals surface area contributed by atoms with Crippen LogP contribution in [0.2, 0.25) is 5.02 Å². The molecular weight excluding hydrogens is 472 g/mol. The van der Waals surface area contributed by atoms with Gasteiger partial charge in [-0.1, -0.05) is 87.0 Å². The van der Waals surface area contributed by atoms with Crippen LogP contribution in [-0.4, -0.2) is 35.9 Å². The Morgan fingerprint density at radius 1 is 0.944 bits per heavy atom. The zero-order chi connectivity index (χ0) is 25.9. The molecule has 1 unspecified atom stereocenters. The lowest BCUT2D eigenvalue weighted by Gasteiger charge is -2.31. The van der Waals surface area contributed by atoms with Crippen LogP contribution in [0.15, 0.2) is 78.9 Å². The van der Waals surface area contributed by atoms with Crippen molar-refractivity contribution in [2.45, 2.75) is 52.1 Å². The Bertz CT molecular complexity index is 1120. The quantitative estimate of drug-likeness (QED) is 0.327. The summed E-state index contributed by atoms with van der Waals surface area (Å²) in [5.74, 6) is 0.576. The van der Waals surface area contributed by atoms with Crippen LogP contribution < -0.4 is 10.1 Å². The molecule has 0 bridgehead atoms. The van der Waals surface area contributed by atoms with Gasteiger partial charge in [0.25, 0.3) is 5.91 Å². The molecule has 2 amide bonds. The van der Waals surface area contributed by atoms with E-state index in [4.69, 9.17) is 16.3 Å². The molecule has 1 N–H and O–H groups in total. The van der Waals surface area contributed by atoms with Gasteiger partial charge in [-0.15, -0.1) is 0 Å². The van der Waals surface area contributed by atoms with Crippen molar-refractivity contribution in [3.63, 3.8) is 0 Å². The Kier molecular flexibility index (Phi) is 10.4. The summed E-state index contributed by atoms with van der Waals surface area (Å²) < 4.78 is 5.86. The average Bonchev–Trinajstić information content (AvgIpc) is 2.88. The topological polar surface area (TPSA) is 58.6 Å². The van der Waals surface area contributed by atoms with E-state index < -0.39 is 6.04 Å². The summed E-state index contributed by atoms with van der Waals surface area (Å²) in [7, 11) is 0. The number of hydrogen-bond donors (Lipinski definition) is 1. The van der Waals surface area contributed by atoms with Crippen molar-refractivity contribution in [3.05, 3.63) is 101 Å². The van der Waals surface area contributed by atoms with Crippen molar-refractivity contribution in [1.82, 2.24) is 10.2 Å². The van der Waals surface area contributed by atoms with Crippen molar-refractivity contribution in [3.8, 4) is 5.75 Å². The zero-order valence-corrected chi connectivity index (χ0v) is 22.0. The zero-order valence-electron chi connectivity index (χ0n) is 21.2. The third-order valence-corrected chi connectivity index (χ3v) is 6.21. The molecule has 3 rings (SSSR count). The first-order valence-electron chi connectivity index (χ1n) is 12.5. The lowest BCUT2D eigenvalue weighted by molar-refractivity contribution is -0.142. The third-order valence-electron chi connectivity index (χ3n) is 5.97. The summed E-state index contributed by atoms with van der Waals surface area (Å²) in [4.78, 5) is 28.5. The summed E-state index contributed by atoms with van der Waals surface area (Å²) in [6.07, 6.45) is 1.20. The number of ether oxygens (including phenoxy) is 1. The number of amides is 2. The van der Waals surface area contributed by atoms with E-state index in [0.717, 1.165) is 17.5 Å². The predicted molar refractivity (Wildman–Crippen MR) is 145 cm³/mol. The van der Waals surface area contributed by atoms with Crippen LogP contribution in [0.1, 0.15) is 49.8 Å². The molecular formula is C30H35ClN2O3. The molecule has 0 fully saturated rings. The highest BCUT2D eigenvalue weighted by Gasteiger charge is 2.30. The number of carbonyl (C=O) groups is 2. The molecule has 0 radical (unpaired) electrons. The van der Waals surface area contributed by atoms with Crippen LogP contribution in [-0.2, 0) is 22.6 Å². The van der Waals surface area contributed by atoms with Gasteiger partial charge in [0.1, 0.15) is 11.8 Å². The number of rotatable bonds is 12. The maximum atomic E-state index is 13.6. The SMILES string of the molecule is CCCNC(=O)C(Cc1ccccc1)N(Cc1cccc(Cl)c1)C(=O)COc1ccc(C(C)C)cc1. The van der Waals surface area contributed by atoms with Gasteiger partial charge in [0.05, 0.1) is 0 Å². The van der Waals surface area contributed by atoms with E-state index in [2.05, 4.69) is 19.2 Å². The van der Waals surface area contributed by atoms with Gasteiger partial charge in [0, 0.05) is 24.5 Å². The summed E-state index contributed by atoms with van der Waals surface area (Å²) in [6, 6.07) is 24.1. The van der Waals surface area contributed by atoms with Crippen molar-refractivity contribution in [2.24, 2.45) is 0 Å². The van der Waals surface area contributed by atoms with E-state index in [9.17, 15) is 9.59 Å². The van der Waals surface area contributed by atoms with E-state index >= 15 is 0 Å². The van der Waals surface area contributed by atoms with E-state index in [1.54, 1.807) is 11.0 Å². The number of benzene rings is 3. The summed E-state index contributed by atoms with van der Waals surface area (Å²) >= 11 is 6.22. The fraction of sp³-hybridized carbons (Fsp3) is 0.333. The highest BCUT2D eigenvalue weighted by molar-refractivity contribution is 6.30. The Morgan fingerprint density at radius 3 is 2.28 bits per heavy atom. The van der Waals surface area contributed by atoms with Gasteiger partial charge in [-0.05, 0) is 53.3 Å². The Balaban J connectivity index is 1.86. The first-order valence-corrected chi connectivity index (χ1v) is 12.8. The van der Waals surface area contributed by atoms with E-state index in [1.807, 2.05) is 79.7 Å². The molecule has 0 saturated heterocycles. The third kappa shape index (κ3) is 8.13. The first-order chi connectivity index (χ1) is 17.4. The summed E-state index contributed by atoms with van der Waals surface area (Å²) in [5.41, 5.74) is 3.02. The Hall–Kier alpha value is -3.31. The monoisotopic (exact) mass is 506 g/mol. The number of nitrogens with zero attached hydrogens (tertiary/aromatic N) is 1. The molecule has 0 aliphatic carbocycles. The van der Waals surface area contributed by atoms with Crippen LogP contribution in [0.3, 0.4) is 0 Å². The number of hydrogen-bond acceptors (Lipinski definition) is 3. The standard InChI is InChI=1S/C30H35ClN2O3/c1-4-17-32-30(35)28(19-23-9-6-5-7-10-23)33(20-24-11-8-12-26(31)18-24)29(34)21-36-27-15-13-25(14-16-27)22(2)3/h5-16,18,22,28H,4,17,19-21H2,1-3H3,(H,32,35). The molecule has 0 aliphatic rings. The second-order valence-corrected chi connectivity index (χ2v) is 9.60. The lowest BCUT2D eigenvalue weighted by Crippen LogP contribution is -2.51. The molecule has 0 saturated carbocycles. The van der Waals surface area contributed by atoms with E-state index in [-0.39, 0.29) is 25.0 Å². The summed E-state index contributed by atoms with van der Waals surface area (Å²) in [5, 5.41) is 3.56. The molecule has 3 aromatic rings. The molecule has 190 valence electrons. The van der Waals surface area contributed by atoms with Crippen LogP contribution in [0, 0.1) is 0 Å². The Morgan fingerprint density at radius 2 is 1.64 bits per heavy atom. The molecule has 1 atom stereocenters. The minimum absolute atomic E-state index is 0.173. The predicted octanol–water partition coefficient (Wildman–Crippen LogP) is 6.01. The maximum absolute atomic E-state index is 13.6. The lowest BCUT2D eigenvalue weighted by atomic mass is 10.0. The number of nitrogens with one attached hydrogen (secondary N) is 1. The number of carbonyl (C=O) groups excluding carboxylic acids is 2. The highest BCUT2D eigenvalue weighted by Crippen LogP contribution is 2.20. The second-order valence-electron chi connectivity index (χ2n) is 9.16. The van der Waals surface area contributed by atoms with Crippen molar-refractivity contribution in [1.29, 1.82) is 0 Å².